The number of unbranched alkanes of at least 4 members (excludes halogenated alkanes) is 1. The molecule has 0 spiro atoms. The highest BCUT2D eigenvalue weighted by atomic mass is 19.1. The zero-order valence-electron chi connectivity index (χ0n) is 20.3. The molecule has 0 saturated heterocycles. The lowest BCUT2D eigenvalue weighted by Crippen LogP contribution is -2.22. The highest BCUT2D eigenvalue weighted by Crippen LogP contribution is 2.45. The Balaban J connectivity index is 1.82. The Morgan fingerprint density at radius 1 is 1.00 bits per heavy atom. The lowest BCUT2D eigenvalue weighted by Gasteiger charge is -2.17. The van der Waals surface area contributed by atoms with Crippen LogP contribution in [0.25, 0.3) is 0 Å². The number of hydrogen-bond acceptors (Lipinski definition) is 5. The SMILES string of the molecule is CCOC(CCCCC(=O)c1cc(C(=O)CC)c2c(c1)[C@H](c1ccccc1)[C@@H](CF)O2)OCC. The molecule has 3 rings (SSSR count). The fourth-order valence-corrected chi connectivity index (χ4v) is 4.49. The minimum absolute atomic E-state index is 0.0344. The number of benzene rings is 2. The molecule has 184 valence electrons. The molecule has 2 atom stereocenters. The topological polar surface area (TPSA) is 61.8 Å². The molecular weight excluding hydrogens is 435 g/mol. The van der Waals surface area contributed by atoms with E-state index < -0.39 is 12.8 Å². The molecule has 1 heterocycles. The second kappa shape index (κ2) is 12.8. The maximum absolute atomic E-state index is 14.0. The van der Waals surface area contributed by atoms with Crippen molar-refractivity contribution in [2.75, 3.05) is 19.9 Å². The first-order valence-corrected chi connectivity index (χ1v) is 12.3. The van der Waals surface area contributed by atoms with E-state index in [4.69, 9.17) is 14.2 Å². The molecule has 0 radical (unpaired) electrons. The summed E-state index contributed by atoms with van der Waals surface area (Å²) in [6, 6.07) is 13.0. The van der Waals surface area contributed by atoms with Crippen LogP contribution in [-0.4, -0.2) is 43.8 Å². The molecule has 0 bridgehead atoms. The first-order valence-electron chi connectivity index (χ1n) is 12.3. The van der Waals surface area contributed by atoms with Crippen LogP contribution in [-0.2, 0) is 9.47 Å². The highest BCUT2D eigenvalue weighted by molar-refractivity contribution is 6.04. The molecule has 2 aromatic carbocycles. The molecule has 0 fully saturated rings. The summed E-state index contributed by atoms with van der Waals surface area (Å²) in [4.78, 5) is 25.8. The molecular formula is C28H35FO5. The number of alkyl halides is 1. The zero-order valence-corrected chi connectivity index (χ0v) is 20.3. The van der Waals surface area contributed by atoms with Crippen molar-refractivity contribution >= 4 is 11.6 Å². The van der Waals surface area contributed by atoms with Crippen molar-refractivity contribution in [3.63, 3.8) is 0 Å². The molecule has 0 N–H and O–H groups in total. The zero-order chi connectivity index (χ0) is 24.5. The molecule has 0 unspecified atom stereocenters. The molecule has 0 saturated carbocycles. The fourth-order valence-electron chi connectivity index (χ4n) is 4.49. The number of carbonyl (C=O) groups excluding carboxylic acids is 2. The standard InChI is InChI=1S/C28H35FO5/c1-4-23(30)21-16-20(24(31)14-10-11-15-26(32-5-2)33-6-3)17-22-27(19-12-8-7-9-13-19)25(18-29)34-28(21)22/h7-9,12-13,16-17,25-27H,4-6,10-11,14-15,18H2,1-3H3/t25-,27+/m1/s1. The van der Waals surface area contributed by atoms with E-state index in [1.807, 2.05) is 44.2 Å². The monoisotopic (exact) mass is 470 g/mol. The van der Waals surface area contributed by atoms with Crippen molar-refractivity contribution < 1.29 is 28.2 Å². The third-order valence-corrected chi connectivity index (χ3v) is 6.15. The second-order valence-electron chi connectivity index (χ2n) is 8.43. The molecule has 1 aliphatic heterocycles. The van der Waals surface area contributed by atoms with Crippen LogP contribution in [0.15, 0.2) is 42.5 Å². The minimum atomic E-state index is -0.722. The van der Waals surface area contributed by atoms with Crippen molar-refractivity contribution in [1.29, 1.82) is 0 Å². The number of fused-ring (bicyclic) bond motifs is 1. The number of hydrogen-bond donors (Lipinski definition) is 0. The maximum atomic E-state index is 14.0. The lowest BCUT2D eigenvalue weighted by molar-refractivity contribution is -0.140. The Hall–Kier alpha value is -2.57. The first kappa shape index (κ1) is 26.0. The van der Waals surface area contributed by atoms with E-state index in [-0.39, 0.29) is 30.2 Å². The molecule has 6 heteroatoms. The summed E-state index contributed by atoms with van der Waals surface area (Å²) in [5, 5.41) is 0. The fraction of sp³-hybridized carbons (Fsp3) is 0.500. The van der Waals surface area contributed by atoms with Crippen LogP contribution in [0.5, 0.6) is 5.75 Å². The summed E-state index contributed by atoms with van der Waals surface area (Å²) in [7, 11) is 0. The second-order valence-corrected chi connectivity index (χ2v) is 8.43. The number of ketones is 2. The van der Waals surface area contributed by atoms with E-state index in [0.29, 0.717) is 48.5 Å². The van der Waals surface area contributed by atoms with Gasteiger partial charge in [-0.25, -0.2) is 4.39 Å². The van der Waals surface area contributed by atoms with Gasteiger partial charge in [0.2, 0.25) is 0 Å². The average molecular weight is 471 g/mol. The van der Waals surface area contributed by atoms with Crippen molar-refractivity contribution in [2.24, 2.45) is 0 Å². The Morgan fingerprint density at radius 3 is 2.32 bits per heavy atom. The third-order valence-electron chi connectivity index (χ3n) is 6.15. The van der Waals surface area contributed by atoms with Gasteiger partial charge in [-0.2, -0.15) is 0 Å². The maximum Gasteiger partial charge on any atom is 0.166 e. The molecule has 1 aliphatic rings. The van der Waals surface area contributed by atoms with Gasteiger partial charge in [-0.1, -0.05) is 37.3 Å². The van der Waals surface area contributed by atoms with Gasteiger partial charge in [0.25, 0.3) is 0 Å². The Kier molecular flexibility index (Phi) is 9.78. The Morgan fingerprint density at radius 2 is 1.71 bits per heavy atom. The molecule has 34 heavy (non-hydrogen) atoms. The highest BCUT2D eigenvalue weighted by Gasteiger charge is 2.38. The Labute approximate surface area is 201 Å². The summed E-state index contributed by atoms with van der Waals surface area (Å²) in [5.74, 6) is -0.104. The normalized spacial score (nSPS) is 17.0. The lowest BCUT2D eigenvalue weighted by atomic mass is 9.85. The average Bonchev–Trinajstić information content (AvgIpc) is 3.24. The molecule has 0 amide bonds. The Bertz CT molecular complexity index is 953. The van der Waals surface area contributed by atoms with Crippen molar-refractivity contribution in [1.82, 2.24) is 0 Å². The molecule has 0 aliphatic carbocycles. The van der Waals surface area contributed by atoms with Crippen LogP contribution >= 0.6 is 0 Å². The minimum Gasteiger partial charge on any atom is -0.486 e. The summed E-state index contributed by atoms with van der Waals surface area (Å²) >= 11 is 0. The van der Waals surface area contributed by atoms with E-state index in [1.54, 1.807) is 19.1 Å². The van der Waals surface area contributed by atoms with Gasteiger partial charge in [-0.3, -0.25) is 9.59 Å². The van der Waals surface area contributed by atoms with Crippen molar-refractivity contribution in [3.05, 3.63) is 64.7 Å². The summed E-state index contributed by atoms with van der Waals surface area (Å²) in [6.07, 6.45) is 1.87. The van der Waals surface area contributed by atoms with Gasteiger partial charge in [0.1, 0.15) is 18.5 Å². The molecule has 2 aromatic rings. The number of ether oxygens (including phenoxy) is 3. The van der Waals surface area contributed by atoms with Crippen LogP contribution in [0.3, 0.4) is 0 Å². The van der Waals surface area contributed by atoms with Gasteiger partial charge < -0.3 is 14.2 Å². The predicted octanol–water partition coefficient (Wildman–Crippen LogP) is 6.28. The van der Waals surface area contributed by atoms with Crippen molar-refractivity contribution in [2.45, 2.75) is 71.2 Å². The first-order chi connectivity index (χ1) is 16.5. The number of carbonyl (C=O) groups is 2. The van der Waals surface area contributed by atoms with Gasteiger partial charge in [0, 0.05) is 37.2 Å². The van der Waals surface area contributed by atoms with E-state index in [0.717, 1.165) is 18.4 Å². The number of rotatable bonds is 14. The van der Waals surface area contributed by atoms with Crippen LogP contribution in [0.2, 0.25) is 0 Å². The molecule has 5 nitrogen and oxygen atoms in total. The van der Waals surface area contributed by atoms with E-state index in [9.17, 15) is 14.0 Å². The van der Waals surface area contributed by atoms with E-state index in [1.165, 1.54) is 0 Å². The number of Topliss-reactive ketones (excluding diaryl/α,β-unsaturated/α-hetero) is 2. The third kappa shape index (κ3) is 6.10. The summed E-state index contributed by atoms with van der Waals surface area (Å²) in [5.41, 5.74) is 2.46. The van der Waals surface area contributed by atoms with Crippen LogP contribution in [0.1, 0.15) is 90.6 Å². The number of halogens is 1. The smallest absolute Gasteiger partial charge is 0.166 e. The summed E-state index contributed by atoms with van der Waals surface area (Å²) in [6.45, 7) is 6.11. The quantitative estimate of drug-likeness (QED) is 0.185. The van der Waals surface area contributed by atoms with Gasteiger partial charge in [-0.15, -0.1) is 0 Å². The van der Waals surface area contributed by atoms with Gasteiger partial charge in [-0.05, 0) is 50.8 Å². The van der Waals surface area contributed by atoms with Crippen LogP contribution < -0.4 is 4.74 Å². The van der Waals surface area contributed by atoms with Gasteiger partial charge in [0.15, 0.2) is 17.9 Å². The predicted molar refractivity (Wildman–Crippen MR) is 130 cm³/mol. The van der Waals surface area contributed by atoms with Gasteiger partial charge in [0.05, 0.1) is 11.5 Å². The van der Waals surface area contributed by atoms with E-state index >= 15 is 0 Å². The summed E-state index contributed by atoms with van der Waals surface area (Å²) < 4.78 is 31.0. The largest absolute Gasteiger partial charge is 0.486 e. The van der Waals surface area contributed by atoms with Crippen LogP contribution in [0, 0.1) is 0 Å². The van der Waals surface area contributed by atoms with Crippen molar-refractivity contribution in [3.8, 4) is 5.75 Å². The van der Waals surface area contributed by atoms with Crippen LogP contribution in [0.4, 0.5) is 4.39 Å². The van der Waals surface area contributed by atoms with E-state index in [2.05, 4.69) is 0 Å². The van der Waals surface area contributed by atoms with Gasteiger partial charge >= 0.3 is 0 Å². The molecule has 0 aromatic heterocycles.